The molecule has 2 heterocycles. The fourth-order valence-corrected chi connectivity index (χ4v) is 2.45. The van der Waals surface area contributed by atoms with Gasteiger partial charge in [0.1, 0.15) is 5.82 Å². The molecule has 0 atom stereocenters. The van der Waals surface area contributed by atoms with Crippen LogP contribution in [0, 0.1) is 6.92 Å². The summed E-state index contributed by atoms with van der Waals surface area (Å²) in [5, 5.41) is 1.08. The van der Waals surface area contributed by atoms with Crippen LogP contribution in [0.4, 0.5) is 0 Å². The van der Waals surface area contributed by atoms with Gasteiger partial charge in [0, 0.05) is 10.9 Å². The van der Waals surface area contributed by atoms with Crippen molar-refractivity contribution in [2.45, 2.75) is 6.92 Å². The van der Waals surface area contributed by atoms with Crippen LogP contribution in [0.5, 0.6) is 0 Å². The largest absolute Gasteiger partial charge is 0.337 e. The number of fused-ring (bicyclic) bond motifs is 3. The summed E-state index contributed by atoms with van der Waals surface area (Å²) in [4.78, 5) is 12.6. The SMILES string of the molecule is Cc1ccc(-c2nc3c(cnc4ccccc43)[nH]2)cc1. The molecule has 96 valence electrons. The maximum Gasteiger partial charge on any atom is 0.138 e. The van der Waals surface area contributed by atoms with E-state index in [0.29, 0.717) is 0 Å². The molecule has 1 N–H and O–H groups in total. The quantitative estimate of drug-likeness (QED) is 0.559. The lowest BCUT2D eigenvalue weighted by atomic mass is 10.1. The Morgan fingerprint density at radius 2 is 1.75 bits per heavy atom. The minimum Gasteiger partial charge on any atom is -0.337 e. The van der Waals surface area contributed by atoms with Crippen molar-refractivity contribution in [3.63, 3.8) is 0 Å². The second kappa shape index (κ2) is 4.17. The minimum atomic E-state index is 0.887. The van der Waals surface area contributed by atoms with Gasteiger partial charge in [-0.1, -0.05) is 48.0 Å². The number of nitrogens with one attached hydrogen (secondary N) is 1. The normalized spacial score (nSPS) is 11.2. The summed E-state index contributed by atoms with van der Waals surface area (Å²) in [7, 11) is 0. The summed E-state index contributed by atoms with van der Waals surface area (Å²) < 4.78 is 0. The zero-order valence-electron chi connectivity index (χ0n) is 11.1. The molecular weight excluding hydrogens is 246 g/mol. The van der Waals surface area contributed by atoms with Crippen LogP contribution in [0.2, 0.25) is 0 Å². The lowest BCUT2D eigenvalue weighted by Gasteiger charge is -1.96. The van der Waals surface area contributed by atoms with Crippen molar-refractivity contribution in [1.29, 1.82) is 0 Å². The summed E-state index contributed by atoms with van der Waals surface area (Å²) in [5.41, 5.74) is 5.26. The zero-order chi connectivity index (χ0) is 13.5. The first kappa shape index (κ1) is 11.2. The number of pyridine rings is 1. The molecule has 2 aromatic carbocycles. The Kier molecular flexibility index (Phi) is 2.33. The molecule has 0 fully saturated rings. The molecule has 20 heavy (non-hydrogen) atoms. The summed E-state index contributed by atoms with van der Waals surface area (Å²) in [5.74, 6) is 0.887. The van der Waals surface area contributed by atoms with Gasteiger partial charge in [0.15, 0.2) is 0 Å². The molecule has 0 saturated carbocycles. The van der Waals surface area contributed by atoms with Gasteiger partial charge in [-0.05, 0) is 13.0 Å². The predicted octanol–water partition coefficient (Wildman–Crippen LogP) is 4.09. The Balaban J connectivity index is 1.98. The number of nitrogens with zero attached hydrogens (tertiary/aromatic N) is 2. The molecule has 3 nitrogen and oxygen atoms in total. The predicted molar refractivity (Wildman–Crippen MR) is 81.6 cm³/mol. The van der Waals surface area contributed by atoms with Crippen molar-refractivity contribution in [1.82, 2.24) is 15.0 Å². The molecule has 3 heteroatoms. The molecule has 0 spiro atoms. The third-order valence-corrected chi connectivity index (χ3v) is 3.55. The highest BCUT2D eigenvalue weighted by Gasteiger charge is 2.08. The van der Waals surface area contributed by atoms with E-state index < -0.39 is 0 Å². The first-order chi connectivity index (χ1) is 9.81. The highest BCUT2D eigenvalue weighted by Crippen LogP contribution is 2.25. The minimum absolute atomic E-state index is 0.887. The van der Waals surface area contributed by atoms with E-state index in [0.717, 1.165) is 33.3 Å². The number of para-hydroxylation sites is 1. The van der Waals surface area contributed by atoms with E-state index in [1.165, 1.54) is 5.56 Å². The molecule has 0 bridgehead atoms. The molecule has 0 aliphatic carbocycles. The summed E-state index contributed by atoms with van der Waals surface area (Å²) in [6, 6.07) is 16.4. The number of aryl methyl sites for hydroxylation is 1. The third-order valence-electron chi connectivity index (χ3n) is 3.55. The Morgan fingerprint density at radius 1 is 0.950 bits per heavy atom. The average molecular weight is 259 g/mol. The highest BCUT2D eigenvalue weighted by atomic mass is 14.9. The molecule has 0 saturated heterocycles. The molecule has 4 aromatic rings. The van der Waals surface area contributed by atoms with Crippen LogP contribution in [0.3, 0.4) is 0 Å². The van der Waals surface area contributed by atoms with Gasteiger partial charge in [-0.2, -0.15) is 0 Å². The second-order valence-corrected chi connectivity index (χ2v) is 4.99. The van der Waals surface area contributed by atoms with Crippen LogP contribution in [0.15, 0.2) is 54.7 Å². The van der Waals surface area contributed by atoms with Crippen molar-refractivity contribution in [2.75, 3.05) is 0 Å². The smallest absolute Gasteiger partial charge is 0.138 e. The topological polar surface area (TPSA) is 41.6 Å². The van der Waals surface area contributed by atoms with Gasteiger partial charge in [-0.3, -0.25) is 4.98 Å². The van der Waals surface area contributed by atoms with Crippen LogP contribution >= 0.6 is 0 Å². The lowest BCUT2D eigenvalue weighted by molar-refractivity contribution is 1.32. The summed E-state index contributed by atoms with van der Waals surface area (Å²) >= 11 is 0. The van der Waals surface area contributed by atoms with E-state index in [9.17, 15) is 0 Å². The monoisotopic (exact) mass is 259 g/mol. The third kappa shape index (κ3) is 1.67. The molecule has 0 aliphatic heterocycles. The van der Waals surface area contributed by atoms with Crippen LogP contribution in [-0.4, -0.2) is 15.0 Å². The number of rotatable bonds is 1. The number of H-pyrrole nitrogens is 1. The molecule has 0 unspecified atom stereocenters. The Morgan fingerprint density at radius 3 is 2.60 bits per heavy atom. The van der Waals surface area contributed by atoms with Gasteiger partial charge < -0.3 is 4.98 Å². The van der Waals surface area contributed by atoms with Crippen LogP contribution in [-0.2, 0) is 0 Å². The number of hydrogen-bond acceptors (Lipinski definition) is 2. The number of hydrogen-bond donors (Lipinski definition) is 1. The Labute approximate surface area is 116 Å². The average Bonchev–Trinajstić information content (AvgIpc) is 2.92. The summed E-state index contributed by atoms with van der Waals surface area (Å²) in [6.07, 6.45) is 1.85. The summed E-state index contributed by atoms with van der Waals surface area (Å²) in [6.45, 7) is 2.08. The van der Waals surface area contributed by atoms with Gasteiger partial charge in [0.25, 0.3) is 0 Å². The van der Waals surface area contributed by atoms with E-state index in [-0.39, 0.29) is 0 Å². The Bertz CT molecular complexity index is 904. The maximum atomic E-state index is 4.75. The van der Waals surface area contributed by atoms with E-state index in [4.69, 9.17) is 4.98 Å². The number of aromatic nitrogens is 3. The van der Waals surface area contributed by atoms with Crippen molar-refractivity contribution in [2.24, 2.45) is 0 Å². The van der Waals surface area contributed by atoms with E-state index in [1.54, 1.807) is 0 Å². The van der Waals surface area contributed by atoms with Crippen LogP contribution in [0.1, 0.15) is 5.56 Å². The van der Waals surface area contributed by atoms with Gasteiger partial charge in [0.05, 0.1) is 22.7 Å². The molecule has 0 aliphatic rings. The highest BCUT2D eigenvalue weighted by molar-refractivity contribution is 6.02. The molecule has 2 aromatic heterocycles. The van der Waals surface area contributed by atoms with Crippen molar-refractivity contribution < 1.29 is 0 Å². The lowest BCUT2D eigenvalue weighted by Crippen LogP contribution is -1.80. The fourth-order valence-electron chi connectivity index (χ4n) is 2.45. The van der Waals surface area contributed by atoms with E-state index >= 15 is 0 Å². The molecule has 4 rings (SSSR count). The van der Waals surface area contributed by atoms with E-state index in [1.807, 2.05) is 24.4 Å². The van der Waals surface area contributed by atoms with Crippen molar-refractivity contribution in [3.8, 4) is 11.4 Å². The number of imidazole rings is 1. The first-order valence-electron chi connectivity index (χ1n) is 6.62. The van der Waals surface area contributed by atoms with Crippen molar-refractivity contribution in [3.05, 3.63) is 60.3 Å². The van der Waals surface area contributed by atoms with Crippen LogP contribution in [0.25, 0.3) is 33.3 Å². The van der Waals surface area contributed by atoms with Gasteiger partial charge in [0.2, 0.25) is 0 Å². The van der Waals surface area contributed by atoms with Gasteiger partial charge in [-0.25, -0.2) is 4.98 Å². The number of aromatic amines is 1. The number of benzene rings is 2. The maximum absolute atomic E-state index is 4.75. The van der Waals surface area contributed by atoms with Gasteiger partial charge in [-0.15, -0.1) is 0 Å². The first-order valence-corrected chi connectivity index (χ1v) is 6.62. The van der Waals surface area contributed by atoms with Crippen molar-refractivity contribution >= 4 is 21.9 Å². The zero-order valence-corrected chi connectivity index (χ0v) is 11.1. The Hall–Kier alpha value is -2.68. The fraction of sp³-hybridized carbons (Fsp3) is 0.0588. The van der Waals surface area contributed by atoms with Gasteiger partial charge >= 0.3 is 0 Å². The van der Waals surface area contributed by atoms with E-state index in [2.05, 4.69) is 47.2 Å². The van der Waals surface area contributed by atoms with Crippen LogP contribution < -0.4 is 0 Å². The molecular formula is C17H13N3. The molecule has 0 amide bonds. The molecule has 0 radical (unpaired) electrons. The second-order valence-electron chi connectivity index (χ2n) is 4.99. The standard InChI is InChI=1S/C17H13N3/c1-11-6-8-12(9-7-11)17-19-15-10-18-14-5-3-2-4-13(14)16(15)20-17/h2-10H,1H3,(H,19,20).